The van der Waals surface area contributed by atoms with Crippen molar-refractivity contribution in [3.63, 3.8) is 0 Å². The molecule has 3 heterocycles. The molecule has 0 saturated heterocycles. The van der Waals surface area contributed by atoms with Crippen LogP contribution in [0, 0.1) is 27.8 Å². The second-order valence-corrected chi connectivity index (χ2v) is 13.8. The number of hydrogen-bond donors (Lipinski definition) is 2. The molecule has 4 aromatic carbocycles. The Morgan fingerprint density at radius 1 is 0.551 bits per heavy atom. The Balaban J connectivity index is 0.00000174. The van der Waals surface area contributed by atoms with Gasteiger partial charge in [0, 0.05) is 34.7 Å². The fraction of sp³-hybridized carbons (Fsp3) is 0.381. The average Bonchev–Trinajstić information content (AvgIpc) is 3.10. The first-order valence-corrected chi connectivity index (χ1v) is 21.3. The number of phenolic OH excluding ortho intramolecular Hbond substituents is 2. The first-order valence-electron chi connectivity index (χ1n) is 17.9. The molecule has 7 rings (SSSR count). The van der Waals surface area contributed by atoms with Crippen molar-refractivity contribution in [3.05, 3.63) is 107 Å². The van der Waals surface area contributed by atoms with Crippen LogP contribution in [0.1, 0.15) is 118 Å². The van der Waals surface area contributed by atoms with E-state index in [1.54, 1.807) is 12.4 Å². The van der Waals surface area contributed by atoms with Crippen molar-refractivity contribution in [1.82, 2.24) is 0 Å². The van der Waals surface area contributed by atoms with Crippen LogP contribution in [0.15, 0.2) is 88.8 Å². The van der Waals surface area contributed by atoms with Gasteiger partial charge >= 0.3 is 32.3 Å². The molecule has 3 aliphatic heterocycles. The molecule has 3 aliphatic rings. The van der Waals surface area contributed by atoms with E-state index < -0.39 is 27.8 Å². The molecule has 0 spiro atoms. The second kappa shape index (κ2) is 20.9. The molecule has 0 saturated carbocycles. The molecule has 6 nitrogen and oxygen atoms in total. The van der Waals surface area contributed by atoms with Crippen LogP contribution in [0.3, 0.4) is 0 Å². The van der Waals surface area contributed by atoms with E-state index in [-0.39, 0.29) is 11.7 Å². The molecular weight excluding hydrogens is 835 g/mol. The Kier molecular flexibility index (Phi) is 16.3. The van der Waals surface area contributed by atoms with E-state index >= 15 is 0 Å². The maximum absolute atomic E-state index is 11.6. The summed E-state index contributed by atoms with van der Waals surface area (Å²) in [6.07, 6.45) is 19.3. The van der Waals surface area contributed by atoms with Gasteiger partial charge in [0.05, 0.1) is 11.4 Å². The Hall–Kier alpha value is -3.53. The van der Waals surface area contributed by atoms with Crippen molar-refractivity contribution < 1.29 is 42.5 Å². The number of hydrogen-bond acceptors (Lipinski definition) is 6. The van der Waals surface area contributed by atoms with Crippen LogP contribution in [-0.4, -0.2) is 22.6 Å². The van der Waals surface area contributed by atoms with Crippen LogP contribution in [-0.2, 0) is 17.3 Å². The molecule has 256 valence electrons. The van der Waals surface area contributed by atoms with E-state index in [9.17, 15) is 10.2 Å². The van der Waals surface area contributed by atoms with Crippen LogP contribution in [0.4, 0.5) is 11.4 Å². The summed E-state index contributed by atoms with van der Waals surface area (Å²) in [5.41, 5.74) is 8.14. The number of fused-ring (bicyclic) bond motifs is 2. The van der Waals surface area contributed by atoms with Crippen molar-refractivity contribution in [2.75, 3.05) is 0 Å². The molecule has 4 aromatic rings. The van der Waals surface area contributed by atoms with E-state index in [4.69, 9.17) is 14.5 Å². The van der Waals surface area contributed by atoms with Crippen molar-refractivity contribution in [3.8, 4) is 22.6 Å². The second-order valence-electron chi connectivity index (χ2n) is 13.1. The van der Waals surface area contributed by atoms with Crippen molar-refractivity contribution >= 4 is 23.8 Å². The van der Waals surface area contributed by atoms with Crippen molar-refractivity contribution in [2.45, 2.75) is 103 Å². The van der Waals surface area contributed by atoms with E-state index in [0.717, 1.165) is 42.4 Å². The van der Waals surface area contributed by atoms with Gasteiger partial charge in [0.25, 0.3) is 0 Å². The van der Waals surface area contributed by atoms with Crippen LogP contribution in [0.2, 0.25) is 0 Å². The zero-order valence-electron chi connectivity index (χ0n) is 29.0. The summed E-state index contributed by atoms with van der Waals surface area (Å²) in [7, 11) is 0. The Labute approximate surface area is 307 Å². The van der Waals surface area contributed by atoms with Gasteiger partial charge in [0.1, 0.15) is 11.5 Å². The van der Waals surface area contributed by atoms with E-state index in [2.05, 4.69) is 38.1 Å². The van der Waals surface area contributed by atoms with Gasteiger partial charge in [-0.25, -0.2) is 0 Å². The third kappa shape index (κ3) is 11.5. The topological polar surface area (TPSA) is 99.3 Å². The van der Waals surface area contributed by atoms with E-state index in [0.29, 0.717) is 28.3 Å². The summed E-state index contributed by atoms with van der Waals surface area (Å²) in [5.74, 6) is 0.807. The molecule has 7 heteroatoms. The van der Waals surface area contributed by atoms with Gasteiger partial charge in [0.15, 0.2) is 0 Å². The zero-order valence-corrected chi connectivity index (χ0v) is 33.2. The predicted molar refractivity (Wildman–Crippen MR) is 196 cm³/mol. The fourth-order valence-corrected chi connectivity index (χ4v) is 6.70. The summed E-state index contributed by atoms with van der Waals surface area (Å²) in [6.45, 7) is 4.30. The molecule has 0 atom stereocenters. The molecule has 0 amide bonds. The van der Waals surface area contributed by atoms with E-state index in [1.165, 1.54) is 68.9 Å². The number of aromatic hydroxyl groups is 2. The number of aliphatic imine (C=N–C) groups is 2. The number of benzene rings is 4. The Morgan fingerprint density at radius 2 is 0.980 bits per heavy atom. The molecule has 0 unspecified atom stereocenters. The number of aryl methyl sites for hydroxylation is 2. The first-order chi connectivity index (χ1) is 23.9. The third-order valence-corrected chi connectivity index (χ3v) is 9.23. The van der Waals surface area contributed by atoms with Crippen LogP contribution in [0.25, 0.3) is 11.1 Å². The van der Waals surface area contributed by atoms with Gasteiger partial charge in [-0.1, -0.05) is 126 Å². The average molecular weight is 885 g/mol. The van der Waals surface area contributed by atoms with Gasteiger partial charge in [-0.2, -0.15) is 0 Å². The van der Waals surface area contributed by atoms with Crippen molar-refractivity contribution in [1.29, 1.82) is 0 Å². The molecular formula is C42H50N2O4U. The number of para-hydroxylation sites is 2. The van der Waals surface area contributed by atoms with Gasteiger partial charge in [-0.15, -0.1) is 0 Å². The van der Waals surface area contributed by atoms with E-state index in [1.807, 2.05) is 54.6 Å². The van der Waals surface area contributed by atoms with Gasteiger partial charge < -0.3 is 10.2 Å². The van der Waals surface area contributed by atoms with Gasteiger partial charge in [-0.3, -0.25) is 9.98 Å². The van der Waals surface area contributed by atoms with Gasteiger partial charge in [0.2, 0.25) is 0 Å². The molecule has 2 N–H and O–H groups in total. The molecule has 49 heavy (non-hydrogen) atoms. The predicted octanol–water partition coefficient (Wildman–Crippen LogP) is 11.5. The molecule has 0 fully saturated rings. The molecule has 0 aromatic heterocycles. The first kappa shape index (κ1) is 38.3. The minimum absolute atomic E-state index is 0.219. The summed E-state index contributed by atoms with van der Waals surface area (Å²) >= 11 is -2.51. The van der Waals surface area contributed by atoms with Crippen LogP contribution in [0.5, 0.6) is 11.5 Å². The standard InChI is InChI=1S/C42H50N2O2.2O.U/c1-31(2)39-33-21-13-10-8-6-4-3-5-7-9-11-14-22-34-26-28-36(42(46)40(34)32-19-15-12-16-20-32)30-44-38-24-18-17-23-37(38)43-29-35(27-25-33)41(39)45;;;/h12,15-20,23-31,45-46H,3-11,13-14,21-22H2,1-2H3;;;. The Morgan fingerprint density at radius 3 is 1.49 bits per heavy atom. The summed E-state index contributed by atoms with van der Waals surface area (Å²) in [5, 5.41) is 22.9. The van der Waals surface area contributed by atoms with Crippen molar-refractivity contribution in [2.24, 2.45) is 9.98 Å². The SMILES string of the molecule is CC(C)c1c2ccc(c1O)C=Nc1ccccc1N=Cc1ccc(c(-c3ccccc3)c1O)CCCCCCCCCCCCC2.[O]=[U]=[O]. The molecule has 4 bridgehead atoms. The molecule has 0 aliphatic carbocycles. The monoisotopic (exact) mass is 884 g/mol. The number of nitrogens with zero attached hydrogens (tertiary/aromatic N) is 2. The third-order valence-electron chi connectivity index (χ3n) is 9.23. The fourth-order valence-electron chi connectivity index (χ4n) is 6.70. The minimum atomic E-state index is -2.51. The summed E-state index contributed by atoms with van der Waals surface area (Å²) in [6, 6.07) is 26.2. The maximum atomic E-state index is 11.6. The summed E-state index contributed by atoms with van der Waals surface area (Å²) in [4.78, 5) is 9.56. The van der Waals surface area contributed by atoms with Crippen LogP contribution < -0.4 is 0 Å². The summed E-state index contributed by atoms with van der Waals surface area (Å²) < 4.78 is 17.2. The number of rotatable bonds is 2. The number of phenols is 2. The molecule has 0 radical (unpaired) electrons. The van der Waals surface area contributed by atoms with Gasteiger partial charge in [-0.05, 0) is 72.6 Å². The van der Waals surface area contributed by atoms with Crippen LogP contribution >= 0.6 is 0 Å². The Bertz CT molecular complexity index is 1730. The zero-order chi connectivity index (χ0) is 34.8. The quantitative estimate of drug-likeness (QED) is 0.209. The normalized spacial score (nSPS) is 14.8.